The van der Waals surface area contributed by atoms with Crippen LogP contribution in [0.5, 0.6) is 0 Å². The molecule has 5 nitrogen and oxygen atoms in total. The van der Waals surface area contributed by atoms with Crippen LogP contribution in [0.25, 0.3) is 0 Å². The van der Waals surface area contributed by atoms with Crippen LogP contribution >= 0.6 is 0 Å². The molecule has 0 spiro atoms. The monoisotopic (exact) mass is 289 g/mol. The molecule has 0 saturated carbocycles. The molecule has 0 fully saturated rings. The highest BCUT2D eigenvalue weighted by Gasteiger charge is 2.01. The lowest BCUT2D eigenvalue weighted by Gasteiger charge is -2.01. The quantitative estimate of drug-likeness (QED) is 0.438. The average Bonchev–Trinajstić information content (AvgIpc) is 2.51. The van der Waals surface area contributed by atoms with E-state index in [0.717, 1.165) is 31.2 Å². The lowest BCUT2D eigenvalue weighted by molar-refractivity contribution is -0.121. The summed E-state index contributed by atoms with van der Waals surface area (Å²) in [5, 5.41) is 6.47. The van der Waals surface area contributed by atoms with Crippen LogP contribution in [0, 0.1) is 0 Å². The van der Waals surface area contributed by atoms with Gasteiger partial charge in [-0.2, -0.15) is 5.10 Å². The smallest absolute Gasteiger partial charge is 0.251 e. The van der Waals surface area contributed by atoms with Crippen LogP contribution in [0.4, 0.5) is 0 Å². The van der Waals surface area contributed by atoms with Gasteiger partial charge in [0.15, 0.2) is 0 Å². The third-order valence-corrected chi connectivity index (χ3v) is 3.06. The van der Waals surface area contributed by atoms with E-state index in [1.54, 1.807) is 37.5 Å². The highest BCUT2D eigenvalue weighted by Crippen LogP contribution is 2.03. The first-order valence-electron chi connectivity index (χ1n) is 7.31. The van der Waals surface area contributed by atoms with Crippen molar-refractivity contribution >= 4 is 18.0 Å². The van der Waals surface area contributed by atoms with Gasteiger partial charge in [0.2, 0.25) is 5.91 Å². The number of rotatable bonds is 8. The number of carbonyl (C=O) groups excluding carboxylic acids is 2. The van der Waals surface area contributed by atoms with Gasteiger partial charge in [0.1, 0.15) is 0 Å². The number of benzene rings is 1. The van der Waals surface area contributed by atoms with Crippen molar-refractivity contribution in [2.75, 3.05) is 7.05 Å². The summed E-state index contributed by atoms with van der Waals surface area (Å²) in [6.45, 7) is 2.14. The van der Waals surface area contributed by atoms with Crippen molar-refractivity contribution in [2.24, 2.45) is 5.10 Å². The molecule has 0 aliphatic carbocycles. The van der Waals surface area contributed by atoms with Crippen molar-refractivity contribution < 1.29 is 9.59 Å². The molecule has 2 N–H and O–H groups in total. The van der Waals surface area contributed by atoms with E-state index in [9.17, 15) is 9.59 Å². The zero-order valence-electron chi connectivity index (χ0n) is 12.7. The van der Waals surface area contributed by atoms with Crippen molar-refractivity contribution in [1.82, 2.24) is 10.7 Å². The summed E-state index contributed by atoms with van der Waals surface area (Å²) in [5.41, 5.74) is 3.93. The van der Waals surface area contributed by atoms with E-state index in [-0.39, 0.29) is 11.8 Å². The Bertz CT molecular complexity index is 481. The van der Waals surface area contributed by atoms with Gasteiger partial charge in [-0.25, -0.2) is 5.43 Å². The molecule has 0 saturated heterocycles. The summed E-state index contributed by atoms with van der Waals surface area (Å²) in [6.07, 6.45) is 6.37. The van der Waals surface area contributed by atoms with Crippen LogP contribution in [-0.4, -0.2) is 25.1 Å². The van der Waals surface area contributed by atoms with Crippen molar-refractivity contribution in [1.29, 1.82) is 0 Å². The van der Waals surface area contributed by atoms with Crippen molar-refractivity contribution in [3.63, 3.8) is 0 Å². The summed E-state index contributed by atoms with van der Waals surface area (Å²) < 4.78 is 0. The number of hydrogen-bond donors (Lipinski definition) is 2. The summed E-state index contributed by atoms with van der Waals surface area (Å²) in [4.78, 5) is 22.9. The second-order valence-corrected chi connectivity index (χ2v) is 4.80. The van der Waals surface area contributed by atoms with Gasteiger partial charge in [0.05, 0.1) is 6.21 Å². The van der Waals surface area contributed by atoms with E-state index in [2.05, 4.69) is 22.8 Å². The van der Waals surface area contributed by atoms with Crippen LogP contribution in [0.15, 0.2) is 29.4 Å². The molecule has 5 heteroatoms. The highest BCUT2D eigenvalue weighted by atomic mass is 16.2. The van der Waals surface area contributed by atoms with E-state index in [1.807, 2.05) is 0 Å². The minimum atomic E-state index is -0.126. The number of amides is 2. The number of unbranched alkanes of at least 4 members (excludes halogenated alkanes) is 3. The zero-order valence-corrected chi connectivity index (χ0v) is 12.7. The van der Waals surface area contributed by atoms with Gasteiger partial charge < -0.3 is 5.32 Å². The number of nitrogens with zero attached hydrogens (tertiary/aromatic N) is 1. The molecule has 0 heterocycles. The maximum absolute atomic E-state index is 11.5. The largest absolute Gasteiger partial charge is 0.355 e. The first-order chi connectivity index (χ1) is 10.2. The normalized spacial score (nSPS) is 10.6. The third-order valence-electron chi connectivity index (χ3n) is 3.06. The Morgan fingerprint density at radius 2 is 1.86 bits per heavy atom. The first kappa shape index (κ1) is 16.9. The van der Waals surface area contributed by atoms with Crippen LogP contribution in [-0.2, 0) is 4.79 Å². The molecule has 0 radical (unpaired) electrons. The van der Waals surface area contributed by atoms with E-state index < -0.39 is 0 Å². The number of hydrogen-bond acceptors (Lipinski definition) is 3. The molecule has 0 atom stereocenters. The fourth-order valence-electron chi connectivity index (χ4n) is 1.81. The first-order valence-corrected chi connectivity index (χ1v) is 7.31. The van der Waals surface area contributed by atoms with Crippen LogP contribution in [0.1, 0.15) is 54.9 Å². The summed E-state index contributed by atoms with van der Waals surface area (Å²) in [5.74, 6) is -0.191. The average molecular weight is 289 g/mol. The Hall–Kier alpha value is -2.17. The predicted octanol–water partition coefficient (Wildman–Crippen LogP) is 2.47. The van der Waals surface area contributed by atoms with Crippen LogP contribution in [0.3, 0.4) is 0 Å². The second-order valence-electron chi connectivity index (χ2n) is 4.80. The van der Waals surface area contributed by atoms with E-state index in [1.165, 1.54) is 0 Å². The maximum atomic E-state index is 11.5. The molecular formula is C16H23N3O2. The SMILES string of the molecule is CCCCCCC(=O)N/N=C/c1ccc(C(=O)NC)cc1. The Kier molecular flexibility index (Phi) is 7.79. The minimum absolute atomic E-state index is 0.0654. The summed E-state index contributed by atoms with van der Waals surface area (Å²) >= 11 is 0. The molecule has 0 aromatic heterocycles. The van der Waals surface area contributed by atoms with E-state index in [0.29, 0.717) is 12.0 Å². The Balaban J connectivity index is 2.36. The lowest BCUT2D eigenvalue weighted by Crippen LogP contribution is -2.18. The van der Waals surface area contributed by atoms with Gasteiger partial charge in [0.25, 0.3) is 5.91 Å². The van der Waals surface area contributed by atoms with Crippen molar-refractivity contribution in [3.8, 4) is 0 Å². The van der Waals surface area contributed by atoms with Gasteiger partial charge in [0, 0.05) is 19.0 Å². The lowest BCUT2D eigenvalue weighted by atomic mass is 10.1. The number of nitrogens with one attached hydrogen (secondary N) is 2. The van der Waals surface area contributed by atoms with Gasteiger partial charge in [-0.3, -0.25) is 9.59 Å². The number of carbonyl (C=O) groups is 2. The van der Waals surface area contributed by atoms with Gasteiger partial charge >= 0.3 is 0 Å². The second kappa shape index (κ2) is 9.69. The van der Waals surface area contributed by atoms with E-state index in [4.69, 9.17) is 0 Å². The standard InChI is InChI=1S/C16H23N3O2/c1-3-4-5-6-7-15(20)19-18-12-13-8-10-14(11-9-13)16(21)17-2/h8-12H,3-7H2,1-2H3,(H,17,21)(H,19,20)/b18-12+. The number of hydrazone groups is 1. The molecule has 0 unspecified atom stereocenters. The molecule has 2 amide bonds. The van der Waals surface area contributed by atoms with Crippen molar-refractivity contribution in [2.45, 2.75) is 39.0 Å². The summed E-state index contributed by atoms with van der Waals surface area (Å²) in [6, 6.07) is 6.99. The van der Waals surface area contributed by atoms with Gasteiger partial charge in [-0.1, -0.05) is 38.3 Å². The topological polar surface area (TPSA) is 70.6 Å². The highest BCUT2D eigenvalue weighted by molar-refractivity contribution is 5.94. The zero-order chi connectivity index (χ0) is 15.5. The Labute approximate surface area is 125 Å². The fraction of sp³-hybridized carbons (Fsp3) is 0.438. The molecular weight excluding hydrogens is 266 g/mol. The Morgan fingerprint density at radius 1 is 1.14 bits per heavy atom. The molecule has 21 heavy (non-hydrogen) atoms. The molecule has 1 aromatic carbocycles. The third kappa shape index (κ3) is 6.70. The maximum Gasteiger partial charge on any atom is 0.251 e. The van der Waals surface area contributed by atoms with Gasteiger partial charge in [-0.05, 0) is 24.1 Å². The molecule has 0 bridgehead atoms. The van der Waals surface area contributed by atoms with E-state index >= 15 is 0 Å². The fourth-order valence-corrected chi connectivity index (χ4v) is 1.81. The summed E-state index contributed by atoms with van der Waals surface area (Å²) in [7, 11) is 1.59. The molecule has 0 aliphatic heterocycles. The predicted molar refractivity (Wildman–Crippen MR) is 84.3 cm³/mol. The van der Waals surface area contributed by atoms with Gasteiger partial charge in [-0.15, -0.1) is 0 Å². The minimum Gasteiger partial charge on any atom is -0.355 e. The molecule has 1 aromatic rings. The molecule has 0 aliphatic rings. The Morgan fingerprint density at radius 3 is 2.48 bits per heavy atom. The van der Waals surface area contributed by atoms with Crippen molar-refractivity contribution in [3.05, 3.63) is 35.4 Å². The van der Waals surface area contributed by atoms with Crippen LogP contribution in [0.2, 0.25) is 0 Å². The molecule has 1 rings (SSSR count). The molecule has 114 valence electrons. The van der Waals surface area contributed by atoms with Crippen LogP contribution < -0.4 is 10.7 Å².